The van der Waals surface area contributed by atoms with Crippen molar-refractivity contribution < 1.29 is 0 Å². The highest BCUT2D eigenvalue weighted by Crippen LogP contribution is 2.48. The average Bonchev–Trinajstić information content (AvgIpc) is 3.23. The van der Waals surface area contributed by atoms with Gasteiger partial charge in [-0.25, -0.2) is 4.98 Å². The third-order valence-corrected chi connectivity index (χ3v) is 5.59. The molecular formula is C17H22BrIN4S. The van der Waals surface area contributed by atoms with Gasteiger partial charge < -0.3 is 10.6 Å². The normalized spacial score (nSPS) is 15.5. The fraction of sp³-hybridized carbons (Fsp3) is 0.412. The summed E-state index contributed by atoms with van der Waals surface area (Å²) in [5.41, 5.74) is 1.64. The Kier molecular flexibility index (Phi) is 7.06. The van der Waals surface area contributed by atoms with Crippen molar-refractivity contribution in [2.24, 2.45) is 4.99 Å². The van der Waals surface area contributed by atoms with E-state index in [-0.39, 0.29) is 29.4 Å². The summed E-state index contributed by atoms with van der Waals surface area (Å²) in [5, 5.41) is 7.89. The molecule has 0 atom stereocenters. The summed E-state index contributed by atoms with van der Waals surface area (Å²) in [6.07, 6.45) is 4.35. The molecule has 24 heavy (non-hydrogen) atoms. The van der Waals surface area contributed by atoms with Gasteiger partial charge in [-0.3, -0.25) is 4.99 Å². The van der Waals surface area contributed by atoms with Gasteiger partial charge in [-0.05, 0) is 37.5 Å². The van der Waals surface area contributed by atoms with Crippen LogP contribution in [0.1, 0.15) is 28.3 Å². The fourth-order valence-corrected chi connectivity index (χ4v) is 3.78. The maximum absolute atomic E-state index is 4.37. The molecule has 1 aromatic heterocycles. The molecule has 130 valence electrons. The highest BCUT2D eigenvalue weighted by Gasteiger charge is 2.44. The van der Waals surface area contributed by atoms with Crippen LogP contribution in [-0.2, 0) is 12.0 Å². The van der Waals surface area contributed by atoms with Crippen LogP contribution in [0.25, 0.3) is 0 Å². The van der Waals surface area contributed by atoms with Crippen molar-refractivity contribution in [2.75, 3.05) is 13.6 Å². The number of aryl methyl sites for hydroxylation is 1. The van der Waals surface area contributed by atoms with Crippen LogP contribution in [0.15, 0.2) is 39.9 Å². The molecule has 0 radical (unpaired) electrons. The Morgan fingerprint density at radius 3 is 2.75 bits per heavy atom. The van der Waals surface area contributed by atoms with Crippen LogP contribution in [0.2, 0.25) is 0 Å². The first-order valence-corrected chi connectivity index (χ1v) is 9.34. The van der Waals surface area contributed by atoms with E-state index < -0.39 is 0 Å². The molecular weight excluding hydrogens is 499 g/mol. The summed E-state index contributed by atoms with van der Waals surface area (Å²) in [7, 11) is 1.81. The van der Waals surface area contributed by atoms with E-state index in [0.717, 1.165) is 22.0 Å². The van der Waals surface area contributed by atoms with E-state index in [2.05, 4.69) is 67.7 Å². The Labute approximate surface area is 172 Å². The molecule has 7 heteroatoms. The molecule has 0 aliphatic heterocycles. The molecule has 2 N–H and O–H groups in total. The molecule has 1 aromatic carbocycles. The van der Waals surface area contributed by atoms with Crippen LogP contribution in [0.3, 0.4) is 0 Å². The summed E-state index contributed by atoms with van der Waals surface area (Å²) in [6.45, 7) is 3.69. The number of thiazole rings is 1. The molecule has 1 saturated carbocycles. The van der Waals surface area contributed by atoms with Crippen molar-refractivity contribution in [1.82, 2.24) is 15.6 Å². The third-order valence-electron chi connectivity index (χ3n) is 4.18. The molecule has 0 amide bonds. The van der Waals surface area contributed by atoms with Crippen LogP contribution < -0.4 is 10.6 Å². The van der Waals surface area contributed by atoms with Gasteiger partial charge in [-0.2, -0.15) is 0 Å². The number of guanidine groups is 1. The van der Waals surface area contributed by atoms with E-state index in [1.807, 2.05) is 6.20 Å². The molecule has 1 fully saturated rings. The summed E-state index contributed by atoms with van der Waals surface area (Å²) in [6, 6.07) is 8.62. The molecule has 1 aliphatic rings. The van der Waals surface area contributed by atoms with Gasteiger partial charge in [-0.15, -0.1) is 35.3 Å². The van der Waals surface area contributed by atoms with E-state index in [1.165, 1.54) is 23.3 Å². The molecule has 3 rings (SSSR count). The average molecular weight is 521 g/mol. The van der Waals surface area contributed by atoms with Gasteiger partial charge in [0.2, 0.25) is 0 Å². The van der Waals surface area contributed by atoms with Gasteiger partial charge in [0.05, 0.1) is 6.54 Å². The van der Waals surface area contributed by atoms with E-state index >= 15 is 0 Å². The Morgan fingerprint density at radius 2 is 2.17 bits per heavy atom. The van der Waals surface area contributed by atoms with Gasteiger partial charge in [0.15, 0.2) is 5.96 Å². The molecule has 0 saturated heterocycles. The molecule has 0 bridgehead atoms. The lowest BCUT2D eigenvalue weighted by Crippen LogP contribution is -2.40. The summed E-state index contributed by atoms with van der Waals surface area (Å²) < 4.78 is 1.14. The van der Waals surface area contributed by atoms with Crippen molar-refractivity contribution in [1.29, 1.82) is 0 Å². The first-order chi connectivity index (χ1) is 11.1. The smallest absolute Gasteiger partial charge is 0.191 e. The predicted molar refractivity (Wildman–Crippen MR) is 116 cm³/mol. The Morgan fingerprint density at radius 1 is 1.38 bits per heavy atom. The molecule has 1 aliphatic carbocycles. The molecule has 0 unspecified atom stereocenters. The maximum Gasteiger partial charge on any atom is 0.191 e. The largest absolute Gasteiger partial charge is 0.356 e. The van der Waals surface area contributed by atoms with Gasteiger partial charge in [0.25, 0.3) is 0 Å². The second kappa shape index (κ2) is 8.62. The van der Waals surface area contributed by atoms with Gasteiger partial charge >= 0.3 is 0 Å². The van der Waals surface area contributed by atoms with Crippen LogP contribution in [0, 0.1) is 6.92 Å². The van der Waals surface area contributed by atoms with E-state index in [0.29, 0.717) is 6.54 Å². The monoisotopic (exact) mass is 520 g/mol. The van der Waals surface area contributed by atoms with E-state index in [1.54, 1.807) is 18.4 Å². The lowest BCUT2D eigenvalue weighted by atomic mass is 9.96. The highest BCUT2D eigenvalue weighted by atomic mass is 127. The van der Waals surface area contributed by atoms with Crippen LogP contribution in [0.4, 0.5) is 0 Å². The second-order valence-electron chi connectivity index (χ2n) is 5.93. The maximum atomic E-state index is 4.37. The zero-order chi connectivity index (χ0) is 16.3. The standard InChI is InChI=1S/C17H21BrN4S.HI/c1-12-9-20-15(23-12)10-21-16(19-2)22-11-17(6-7-17)13-4-3-5-14(18)8-13;/h3-5,8-9H,6-7,10-11H2,1-2H3,(H2,19,21,22);1H. The Bertz CT molecular complexity index is 712. The quantitative estimate of drug-likeness (QED) is 0.352. The number of nitrogens with one attached hydrogen (secondary N) is 2. The van der Waals surface area contributed by atoms with Gasteiger partial charge in [0, 0.05) is 34.6 Å². The molecule has 2 aromatic rings. The molecule has 0 spiro atoms. The van der Waals surface area contributed by atoms with E-state index in [4.69, 9.17) is 0 Å². The second-order valence-corrected chi connectivity index (χ2v) is 8.17. The zero-order valence-corrected chi connectivity index (χ0v) is 18.5. The molecule has 4 nitrogen and oxygen atoms in total. The topological polar surface area (TPSA) is 49.3 Å². The SMILES string of the molecule is CN=C(NCc1ncc(C)s1)NCC1(c2cccc(Br)c2)CC1.I. The van der Waals surface area contributed by atoms with Gasteiger partial charge in [-0.1, -0.05) is 28.1 Å². The Hall–Kier alpha value is -0.670. The van der Waals surface area contributed by atoms with Crippen molar-refractivity contribution >= 4 is 57.2 Å². The van der Waals surface area contributed by atoms with Crippen LogP contribution >= 0.6 is 51.2 Å². The minimum Gasteiger partial charge on any atom is -0.356 e. The van der Waals surface area contributed by atoms with Crippen molar-refractivity contribution in [2.45, 2.75) is 31.7 Å². The van der Waals surface area contributed by atoms with Gasteiger partial charge in [0.1, 0.15) is 5.01 Å². The number of hydrogen-bond acceptors (Lipinski definition) is 3. The number of halogens is 2. The minimum atomic E-state index is 0. The summed E-state index contributed by atoms with van der Waals surface area (Å²) in [5.74, 6) is 0.833. The zero-order valence-electron chi connectivity index (χ0n) is 13.8. The minimum absolute atomic E-state index is 0. The number of rotatable bonds is 5. The van der Waals surface area contributed by atoms with Crippen molar-refractivity contribution in [3.63, 3.8) is 0 Å². The van der Waals surface area contributed by atoms with Crippen molar-refractivity contribution in [3.05, 3.63) is 50.4 Å². The lowest BCUT2D eigenvalue weighted by molar-refractivity contribution is 0.645. The predicted octanol–water partition coefficient (Wildman–Crippen LogP) is 4.23. The Balaban J connectivity index is 0.00000208. The van der Waals surface area contributed by atoms with Crippen LogP contribution in [-0.4, -0.2) is 24.5 Å². The number of hydrogen-bond donors (Lipinski definition) is 2. The van der Waals surface area contributed by atoms with Crippen molar-refractivity contribution in [3.8, 4) is 0 Å². The lowest BCUT2D eigenvalue weighted by Gasteiger charge is -2.19. The number of aromatic nitrogens is 1. The third kappa shape index (κ3) is 4.92. The number of benzene rings is 1. The summed E-state index contributed by atoms with van der Waals surface area (Å²) in [4.78, 5) is 9.92. The summed E-state index contributed by atoms with van der Waals surface area (Å²) >= 11 is 5.28. The molecule has 1 heterocycles. The fourth-order valence-electron chi connectivity index (χ4n) is 2.65. The first kappa shape index (κ1) is 19.7. The number of aliphatic imine (C=N–C) groups is 1. The van der Waals surface area contributed by atoms with Crippen LogP contribution in [0.5, 0.6) is 0 Å². The first-order valence-electron chi connectivity index (χ1n) is 7.73. The van der Waals surface area contributed by atoms with E-state index in [9.17, 15) is 0 Å². The number of nitrogens with zero attached hydrogens (tertiary/aromatic N) is 2. The highest BCUT2D eigenvalue weighted by molar-refractivity contribution is 14.0.